The average molecular weight is 275 g/mol. The van der Waals surface area contributed by atoms with Gasteiger partial charge in [0.2, 0.25) is 10.0 Å². The van der Waals surface area contributed by atoms with Gasteiger partial charge in [0.1, 0.15) is 10.9 Å². The number of nitrogens with zero attached hydrogens (tertiary/aromatic N) is 2. The Kier molecular flexibility index (Phi) is 4.12. The Morgan fingerprint density at radius 2 is 2.06 bits per heavy atom. The number of carboxylic acid groups (broad SMARTS) is 1. The van der Waals surface area contributed by atoms with Crippen LogP contribution in [0.25, 0.3) is 0 Å². The van der Waals surface area contributed by atoms with Gasteiger partial charge in [-0.3, -0.25) is 9.48 Å². The van der Waals surface area contributed by atoms with E-state index in [-0.39, 0.29) is 10.8 Å². The Morgan fingerprint density at radius 1 is 1.50 bits per heavy atom. The van der Waals surface area contributed by atoms with Crippen LogP contribution in [0.3, 0.4) is 0 Å². The summed E-state index contributed by atoms with van der Waals surface area (Å²) in [5, 5.41) is 12.9. The molecule has 0 aliphatic heterocycles. The maximum Gasteiger partial charge on any atom is 0.322 e. The highest BCUT2D eigenvalue weighted by Gasteiger charge is 2.29. The first-order valence-electron chi connectivity index (χ1n) is 5.40. The molecule has 0 aliphatic rings. The summed E-state index contributed by atoms with van der Waals surface area (Å²) in [5.41, 5.74) is 0.331. The summed E-state index contributed by atoms with van der Waals surface area (Å²) >= 11 is 0. The van der Waals surface area contributed by atoms with Crippen LogP contribution in [0.4, 0.5) is 0 Å². The molecule has 102 valence electrons. The topological polar surface area (TPSA) is 101 Å². The minimum absolute atomic E-state index is 0.00287. The molecule has 0 radical (unpaired) electrons. The number of hydrogen-bond donors (Lipinski definition) is 2. The molecule has 0 spiro atoms. The molecule has 1 atom stereocenters. The van der Waals surface area contributed by atoms with E-state index < -0.39 is 22.0 Å². The van der Waals surface area contributed by atoms with Gasteiger partial charge in [-0.2, -0.15) is 9.82 Å². The molecule has 1 aromatic heterocycles. The van der Waals surface area contributed by atoms with Gasteiger partial charge in [0, 0.05) is 13.2 Å². The van der Waals surface area contributed by atoms with Gasteiger partial charge in [0.15, 0.2) is 0 Å². The summed E-state index contributed by atoms with van der Waals surface area (Å²) in [6, 6.07) is -1.16. The first-order valence-corrected chi connectivity index (χ1v) is 6.89. The third-order valence-electron chi connectivity index (χ3n) is 2.47. The highest BCUT2D eigenvalue weighted by molar-refractivity contribution is 7.89. The van der Waals surface area contributed by atoms with Crippen molar-refractivity contribution in [3.05, 3.63) is 11.9 Å². The van der Waals surface area contributed by atoms with E-state index in [1.54, 1.807) is 27.8 Å². The Bertz CT molecular complexity index is 547. The molecule has 1 rings (SSSR count). The van der Waals surface area contributed by atoms with Crippen molar-refractivity contribution in [2.75, 3.05) is 0 Å². The quantitative estimate of drug-likeness (QED) is 0.794. The first-order chi connectivity index (χ1) is 8.15. The lowest BCUT2D eigenvalue weighted by Crippen LogP contribution is -2.44. The molecule has 0 saturated heterocycles. The van der Waals surface area contributed by atoms with E-state index in [1.165, 1.54) is 10.9 Å². The molecule has 0 bridgehead atoms. The summed E-state index contributed by atoms with van der Waals surface area (Å²) in [6.45, 7) is 4.83. The molecule has 8 heteroatoms. The van der Waals surface area contributed by atoms with Crippen molar-refractivity contribution in [1.29, 1.82) is 0 Å². The van der Waals surface area contributed by atoms with Gasteiger partial charge >= 0.3 is 5.97 Å². The van der Waals surface area contributed by atoms with Gasteiger partial charge in [-0.25, -0.2) is 8.42 Å². The van der Waals surface area contributed by atoms with Crippen molar-refractivity contribution in [1.82, 2.24) is 14.5 Å². The fraction of sp³-hybridized carbons (Fsp3) is 0.600. The summed E-state index contributed by atoms with van der Waals surface area (Å²) in [4.78, 5) is 11.0. The number of rotatable bonds is 5. The van der Waals surface area contributed by atoms with Crippen LogP contribution in [0.2, 0.25) is 0 Å². The summed E-state index contributed by atoms with van der Waals surface area (Å²) in [5.74, 6) is -1.55. The Labute approximate surface area is 106 Å². The van der Waals surface area contributed by atoms with Crippen LogP contribution in [0.1, 0.15) is 19.5 Å². The fourth-order valence-electron chi connectivity index (χ4n) is 1.54. The van der Waals surface area contributed by atoms with Gasteiger partial charge in [-0.15, -0.1) is 0 Å². The molecule has 0 amide bonds. The molecule has 0 aromatic carbocycles. The van der Waals surface area contributed by atoms with E-state index in [0.29, 0.717) is 5.69 Å². The third kappa shape index (κ3) is 3.08. The number of aliphatic carboxylic acids is 1. The lowest BCUT2D eigenvalue weighted by atomic mass is 10.1. The Balaban J connectivity index is 3.08. The van der Waals surface area contributed by atoms with Crippen LogP contribution in [0.15, 0.2) is 11.1 Å². The third-order valence-corrected chi connectivity index (χ3v) is 4.02. The van der Waals surface area contributed by atoms with Gasteiger partial charge in [0.25, 0.3) is 0 Å². The zero-order chi connectivity index (χ0) is 14.1. The molecule has 0 saturated carbocycles. The van der Waals surface area contributed by atoms with E-state index >= 15 is 0 Å². The maximum absolute atomic E-state index is 12.1. The molecule has 18 heavy (non-hydrogen) atoms. The summed E-state index contributed by atoms with van der Waals surface area (Å²) < 4.78 is 27.7. The molecule has 1 aromatic rings. The number of carbonyl (C=O) groups is 1. The molecule has 2 N–H and O–H groups in total. The second kappa shape index (κ2) is 5.07. The largest absolute Gasteiger partial charge is 0.480 e. The smallest absolute Gasteiger partial charge is 0.322 e. The molecule has 7 nitrogen and oxygen atoms in total. The molecule has 1 heterocycles. The molecular formula is C10H17N3O4S. The summed E-state index contributed by atoms with van der Waals surface area (Å²) in [6.07, 6.45) is 1.34. The lowest BCUT2D eigenvalue weighted by Gasteiger charge is -2.17. The monoisotopic (exact) mass is 275 g/mol. The van der Waals surface area contributed by atoms with Crippen molar-refractivity contribution in [3.8, 4) is 0 Å². The van der Waals surface area contributed by atoms with Crippen LogP contribution in [0.5, 0.6) is 0 Å². The SMILES string of the molecule is Cc1nn(C)cc1S(=O)(=O)NC(C(=O)O)C(C)C. The van der Waals surface area contributed by atoms with E-state index in [1.807, 2.05) is 0 Å². The van der Waals surface area contributed by atoms with Gasteiger partial charge in [0.05, 0.1) is 5.69 Å². The van der Waals surface area contributed by atoms with Crippen molar-refractivity contribution < 1.29 is 18.3 Å². The van der Waals surface area contributed by atoms with Crippen molar-refractivity contribution >= 4 is 16.0 Å². The van der Waals surface area contributed by atoms with Crippen LogP contribution in [-0.4, -0.2) is 35.3 Å². The van der Waals surface area contributed by atoms with Crippen molar-refractivity contribution in [2.45, 2.75) is 31.7 Å². The number of sulfonamides is 1. The van der Waals surface area contributed by atoms with Crippen LogP contribution >= 0.6 is 0 Å². The summed E-state index contributed by atoms with van der Waals surface area (Å²) in [7, 11) is -2.27. The van der Waals surface area contributed by atoms with Crippen LogP contribution in [0, 0.1) is 12.8 Å². The molecule has 0 fully saturated rings. The van der Waals surface area contributed by atoms with Crippen molar-refractivity contribution in [3.63, 3.8) is 0 Å². The number of hydrogen-bond acceptors (Lipinski definition) is 4. The van der Waals surface area contributed by atoms with Crippen LogP contribution < -0.4 is 4.72 Å². The molecular weight excluding hydrogens is 258 g/mol. The van der Waals surface area contributed by atoms with Gasteiger partial charge < -0.3 is 5.11 Å². The van der Waals surface area contributed by atoms with E-state index in [2.05, 4.69) is 9.82 Å². The van der Waals surface area contributed by atoms with E-state index in [0.717, 1.165) is 0 Å². The Hall–Kier alpha value is -1.41. The van der Waals surface area contributed by atoms with Gasteiger partial charge in [-0.05, 0) is 12.8 Å². The average Bonchev–Trinajstić information content (AvgIpc) is 2.54. The zero-order valence-corrected chi connectivity index (χ0v) is 11.5. The predicted octanol–water partition coefficient (Wildman–Crippen LogP) is 0.116. The fourth-order valence-corrected chi connectivity index (χ4v) is 3.10. The zero-order valence-electron chi connectivity index (χ0n) is 10.7. The van der Waals surface area contributed by atoms with Crippen LogP contribution in [-0.2, 0) is 21.9 Å². The normalized spacial score (nSPS) is 13.8. The number of nitrogens with one attached hydrogen (secondary N) is 1. The highest BCUT2D eigenvalue weighted by atomic mass is 32.2. The molecule has 0 aliphatic carbocycles. The second-order valence-corrected chi connectivity index (χ2v) is 6.12. The minimum atomic E-state index is -3.87. The lowest BCUT2D eigenvalue weighted by molar-refractivity contribution is -0.140. The number of carboxylic acids is 1. The number of aryl methyl sites for hydroxylation is 2. The maximum atomic E-state index is 12.1. The minimum Gasteiger partial charge on any atom is -0.480 e. The Morgan fingerprint density at radius 3 is 2.39 bits per heavy atom. The second-order valence-electron chi connectivity index (χ2n) is 4.43. The van der Waals surface area contributed by atoms with Crippen molar-refractivity contribution in [2.24, 2.45) is 13.0 Å². The number of aromatic nitrogens is 2. The molecule has 1 unspecified atom stereocenters. The highest BCUT2D eigenvalue weighted by Crippen LogP contribution is 2.14. The van der Waals surface area contributed by atoms with E-state index in [9.17, 15) is 13.2 Å². The van der Waals surface area contributed by atoms with Gasteiger partial charge in [-0.1, -0.05) is 13.8 Å². The predicted molar refractivity (Wildman–Crippen MR) is 64.5 cm³/mol. The first kappa shape index (κ1) is 14.7. The standard InChI is InChI=1S/C10H17N3O4S/c1-6(2)9(10(14)15)12-18(16,17)8-5-13(4)11-7(8)3/h5-6,9,12H,1-4H3,(H,14,15). The van der Waals surface area contributed by atoms with E-state index in [4.69, 9.17) is 5.11 Å².